The first-order valence-corrected chi connectivity index (χ1v) is 12.8. The zero-order chi connectivity index (χ0) is 19.8. The SMILES string of the molecule is CC(C)(C)O[Si](C)(C)OC1CC2CCCC(=O)N2C(c2ccc(F)cc2)C1. The van der Waals surface area contributed by atoms with E-state index >= 15 is 0 Å². The molecule has 0 radical (unpaired) electrons. The van der Waals surface area contributed by atoms with Crippen LogP contribution in [0.25, 0.3) is 0 Å². The average molecular weight is 394 g/mol. The maximum absolute atomic E-state index is 13.4. The van der Waals surface area contributed by atoms with Crippen LogP contribution in [0.15, 0.2) is 24.3 Å². The van der Waals surface area contributed by atoms with E-state index in [0.717, 1.165) is 31.2 Å². The van der Waals surface area contributed by atoms with Gasteiger partial charge in [-0.15, -0.1) is 0 Å². The molecule has 2 aliphatic rings. The van der Waals surface area contributed by atoms with E-state index in [1.165, 1.54) is 12.1 Å². The summed E-state index contributed by atoms with van der Waals surface area (Å²) in [4.78, 5) is 14.7. The monoisotopic (exact) mass is 393 g/mol. The van der Waals surface area contributed by atoms with Crippen LogP contribution in [-0.4, -0.2) is 37.1 Å². The molecule has 27 heavy (non-hydrogen) atoms. The summed E-state index contributed by atoms with van der Waals surface area (Å²) in [6.45, 7) is 10.3. The van der Waals surface area contributed by atoms with Gasteiger partial charge in [0.15, 0.2) is 0 Å². The molecule has 6 heteroatoms. The Balaban J connectivity index is 1.82. The lowest BCUT2D eigenvalue weighted by atomic mass is 9.84. The summed E-state index contributed by atoms with van der Waals surface area (Å²) in [5.41, 5.74) is 0.745. The first kappa shape index (κ1) is 20.5. The Kier molecular flexibility index (Phi) is 5.80. The molecule has 1 aromatic rings. The predicted octanol–water partition coefficient (Wildman–Crippen LogP) is 4.94. The molecule has 0 aliphatic carbocycles. The highest BCUT2D eigenvalue weighted by atomic mass is 28.4. The second-order valence-corrected chi connectivity index (χ2v) is 12.5. The number of halogens is 1. The van der Waals surface area contributed by atoms with Gasteiger partial charge in [0.05, 0.1) is 17.7 Å². The van der Waals surface area contributed by atoms with Crippen molar-refractivity contribution < 1.29 is 18.0 Å². The molecular weight excluding hydrogens is 361 g/mol. The molecule has 4 nitrogen and oxygen atoms in total. The van der Waals surface area contributed by atoms with E-state index in [9.17, 15) is 9.18 Å². The number of carbonyl (C=O) groups is 1. The van der Waals surface area contributed by atoms with E-state index in [2.05, 4.69) is 33.9 Å². The highest BCUT2D eigenvalue weighted by Gasteiger charge is 2.43. The van der Waals surface area contributed by atoms with Gasteiger partial charge in [0.2, 0.25) is 5.91 Å². The van der Waals surface area contributed by atoms with Crippen LogP contribution >= 0.6 is 0 Å². The zero-order valence-corrected chi connectivity index (χ0v) is 18.1. The van der Waals surface area contributed by atoms with Crippen LogP contribution in [0.3, 0.4) is 0 Å². The number of rotatable bonds is 4. The van der Waals surface area contributed by atoms with Crippen molar-refractivity contribution in [1.82, 2.24) is 4.90 Å². The van der Waals surface area contributed by atoms with Gasteiger partial charge in [0.1, 0.15) is 5.82 Å². The lowest BCUT2D eigenvalue weighted by Crippen LogP contribution is -2.54. The third-order valence-electron chi connectivity index (χ3n) is 5.22. The van der Waals surface area contributed by atoms with Crippen LogP contribution in [0.4, 0.5) is 4.39 Å². The quantitative estimate of drug-likeness (QED) is 0.680. The van der Waals surface area contributed by atoms with Gasteiger partial charge in [0, 0.05) is 12.5 Å². The van der Waals surface area contributed by atoms with Crippen molar-refractivity contribution in [1.29, 1.82) is 0 Å². The van der Waals surface area contributed by atoms with E-state index in [1.807, 2.05) is 4.90 Å². The molecule has 3 rings (SSSR count). The minimum atomic E-state index is -2.30. The fourth-order valence-electron chi connectivity index (χ4n) is 4.62. The molecule has 0 bridgehead atoms. The largest absolute Gasteiger partial charge is 0.391 e. The molecule has 3 atom stereocenters. The number of fused-ring (bicyclic) bond motifs is 1. The molecule has 2 heterocycles. The van der Waals surface area contributed by atoms with E-state index in [0.29, 0.717) is 6.42 Å². The van der Waals surface area contributed by atoms with Gasteiger partial charge in [-0.1, -0.05) is 12.1 Å². The number of piperidine rings is 2. The Bertz CT molecular complexity index is 671. The number of carbonyl (C=O) groups excluding carboxylic acids is 1. The number of benzene rings is 1. The maximum atomic E-state index is 13.4. The number of hydrogen-bond donors (Lipinski definition) is 0. The van der Waals surface area contributed by atoms with Crippen molar-refractivity contribution in [2.24, 2.45) is 0 Å². The van der Waals surface area contributed by atoms with Crippen LogP contribution in [-0.2, 0) is 13.6 Å². The average Bonchev–Trinajstić information content (AvgIpc) is 2.52. The highest BCUT2D eigenvalue weighted by Crippen LogP contribution is 2.41. The molecule has 1 aromatic carbocycles. The van der Waals surface area contributed by atoms with Crippen molar-refractivity contribution in [3.63, 3.8) is 0 Å². The van der Waals surface area contributed by atoms with E-state index in [1.54, 1.807) is 12.1 Å². The zero-order valence-electron chi connectivity index (χ0n) is 17.1. The van der Waals surface area contributed by atoms with E-state index < -0.39 is 8.56 Å². The molecule has 2 saturated heterocycles. The first-order valence-electron chi connectivity index (χ1n) is 9.99. The van der Waals surface area contributed by atoms with Gasteiger partial charge in [-0.05, 0) is 77.2 Å². The van der Waals surface area contributed by atoms with Crippen molar-refractivity contribution >= 4 is 14.5 Å². The van der Waals surface area contributed by atoms with Gasteiger partial charge in [-0.2, -0.15) is 0 Å². The van der Waals surface area contributed by atoms with Gasteiger partial charge in [0.25, 0.3) is 0 Å². The molecule has 0 N–H and O–H groups in total. The summed E-state index contributed by atoms with van der Waals surface area (Å²) in [7, 11) is -2.30. The molecular formula is C21H32FNO3Si. The van der Waals surface area contributed by atoms with Gasteiger partial charge in [-0.25, -0.2) is 4.39 Å². The molecule has 1 amide bonds. The van der Waals surface area contributed by atoms with Crippen LogP contribution in [0, 0.1) is 5.82 Å². The van der Waals surface area contributed by atoms with Gasteiger partial charge in [-0.3, -0.25) is 4.79 Å². The van der Waals surface area contributed by atoms with E-state index in [-0.39, 0.29) is 35.5 Å². The standard InChI is InChI=1S/C21H32FNO3Si/c1-21(2,3)26-27(4,5)25-18-13-17-7-6-8-20(24)23(17)19(14-18)15-9-11-16(22)12-10-15/h9-12,17-19H,6-8,13-14H2,1-5H3. The molecule has 2 aliphatic heterocycles. The molecule has 0 spiro atoms. The summed E-state index contributed by atoms with van der Waals surface area (Å²) >= 11 is 0. The normalized spacial score (nSPS) is 26.8. The van der Waals surface area contributed by atoms with Crippen LogP contribution in [0.5, 0.6) is 0 Å². The molecule has 0 aromatic heterocycles. The smallest absolute Gasteiger partial charge is 0.332 e. The topological polar surface area (TPSA) is 38.8 Å². The summed E-state index contributed by atoms with van der Waals surface area (Å²) in [5, 5.41) is 0. The molecule has 2 fully saturated rings. The lowest BCUT2D eigenvalue weighted by Gasteiger charge is -2.49. The molecule has 0 saturated carbocycles. The summed E-state index contributed by atoms with van der Waals surface area (Å²) in [6, 6.07) is 6.70. The lowest BCUT2D eigenvalue weighted by molar-refractivity contribution is -0.145. The van der Waals surface area contributed by atoms with Gasteiger partial charge < -0.3 is 13.8 Å². The van der Waals surface area contributed by atoms with Crippen molar-refractivity contribution in [3.8, 4) is 0 Å². The second-order valence-electron chi connectivity index (χ2n) is 9.24. The Morgan fingerprint density at radius 3 is 2.44 bits per heavy atom. The summed E-state index contributed by atoms with van der Waals surface area (Å²) in [5.74, 6) is -0.0440. The Labute approximate surface area is 163 Å². The molecule has 3 unspecified atom stereocenters. The van der Waals surface area contributed by atoms with Crippen molar-refractivity contribution in [3.05, 3.63) is 35.6 Å². The number of nitrogens with zero attached hydrogens (tertiary/aromatic N) is 1. The van der Waals surface area contributed by atoms with Crippen LogP contribution < -0.4 is 0 Å². The van der Waals surface area contributed by atoms with Crippen molar-refractivity contribution in [2.45, 2.75) is 89.8 Å². The fraction of sp³-hybridized carbons (Fsp3) is 0.667. The highest BCUT2D eigenvalue weighted by molar-refractivity contribution is 6.64. The minimum Gasteiger partial charge on any atom is -0.391 e. The number of amides is 1. The van der Waals surface area contributed by atoms with E-state index in [4.69, 9.17) is 8.85 Å². The molecule has 150 valence electrons. The second kappa shape index (κ2) is 7.64. The fourth-order valence-corrected chi connectivity index (χ4v) is 7.14. The Hall–Kier alpha value is -1.24. The summed E-state index contributed by atoms with van der Waals surface area (Å²) in [6.07, 6.45) is 4.18. The number of hydrogen-bond acceptors (Lipinski definition) is 3. The van der Waals surface area contributed by atoms with Gasteiger partial charge >= 0.3 is 8.56 Å². The first-order chi connectivity index (χ1) is 12.5. The Morgan fingerprint density at radius 1 is 1.15 bits per heavy atom. The van der Waals surface area contributed by atoms with Crippen molar-refractivity contribution in [2.75, 3.05) is 0 Å². The maximum Gasteiger partial charge on any atom is 0.332 e. The Morgan fingerprint density at radius 2 is 1.81 bits per heavy atom. The predicted molar refractivity (Wildman–Crippen MR) is 106 cm³/mol. The third-order valence-corrected chi connectivity index (χ3v) is 7.23. The minimum absolute atomic E-state index is 0.0521. The van der Waals surface area contributed by atoms with Crippen LogP contribution in [0.1, 0.15) is 64.5 Å². The third kappa shape index (κ3) is 5.18. The van der Waals surface area contributed by atoms with Crippen LogP contribution in [0.2, 0.25) is 13.1 Å². The summed E-state index contributed by atoms with van der Waals surface area (Å²) < 4.78 is 26.2.